The highest BCUT2D eigenvalue weighted by atomic mass is 19.1. The molecule has 0 aliphatic carbocycles. The lowest BCUT2D eigenvalue weighted by molar-refractivity contribution is -0.126. The van der Waals surface area contributed by atoms with E-state index in [1.54, 1.807) is 4.90 Å². The van der Waals surface area contributed by atoms with E-state index >= 15 is 0 Å². The van der Waals surface area contributed by atoms with E-state index in [9.17, 15) is 14.0 Å². The van der Waals surface area contributed by atoms with Crippen LogP contribution in [0.1, 0.15) is 29.6 Å². The van der Waals surface area contributed by atoms with Crippen LogP contribution in [0.4, 0.5) is 4.39 Å². The number of rotatable bonds is 4. The van der Waals surface area contributed by atoms with Crippen molar-refractivity contribution in [2.45, 2.75) is 19.3 Å². The molecule has 6 heteroatoms. The number of nitrogens with zero attached hydrogens (tertiary/aromatic N) is 1. The van der Waals surface area contributed by atoms with Gasteiger partial charge in [0.2, 0.25) is 5.91 Å². The molecule has 0 saturated carbocycles. The van der Waals surface area contributed by atoms with Gasteiger partial charge >= 0.3 is 0 Å². The minimum atomic E-state index is -0.361. The Labute approximate surface area is 147 Å². The van der Waals surface area contributed by atoms with Gasteiger partial charge in [-0.1, -0.05) is 11.6 Å². The van der Waals surface area contributed by atoms with Crippen molar-refractivity contribution in [1.82, 2.24) is 15.5 Å². The fourth-order valence-corrected chi connectivity index (χ4v) is 3.33. The summed E-state index contributed by atoms with van der Waals surface area (Å²) in [5.74, 6) is -0.672. The maximum Gasteiger partial charge on any atom is 0.253 e. The van der Waals surface area contributed by atoms with Crippen molar-refractivity contribution < 1.29 is 14.0 Å². The summed E-state index contributed by atoms with van der Waals surface area (Å²) in [4.78, 5) is 26.7. The van der Waals surface area contributed by atoms with Crippen LogP contribution >= 0.6 is 0 Å². The van der Waals surface area contributed by atoms with Crippen LogP contribution in [0, 0.1) is 11.7 Å². The normalized spacial score (nSPS) is 20.8. The van der Waals surface area contributed by atoms with Crippen molar-refractivity contribution in [3.8, 4) is 0 Å². The molecule has 0 spiro atoms. The molecule has 1 saturated heterocycles. The molecule has 25 heavy (non-hydrogen) atoms. The third-order valence-corrected chi connectivity index (χ3v) is 4.82. The fraction of sp³-hybridized carbons (Fsp3) is 0.474. The number of likely N-dealkylation sites (tertiary alicyclic amines) is 1. The second-order valence-corrected chi connectivity index (χ2v) is 6.63. The summed E-state index contributed by atoms with van der Waals surface area (Å²) in [5, 5.41) is 6.25. The number of carbonyl (C=O) groups is 2. The van der Waals surface area contributed by atoms with E-state index < -0.39 is 0 Å². The van der Waals surface area contributed by atoms with E-state index in [1.807, 2.05) is 0 Å². The predicted octanol–water partition coefficient (Wildman–Crippen LogP) is 1.71. The minimum Gasteiger partial charge on any atom is -0.352 e. The van der Waals surface area contributed by atoms with Crippen LogP contribution in [0.15, 0.2) is 35.9 Å². The summed E-state index contributed by atoms with van der Waals surface area (Å²) in [6, 6.07) is 5.55. The van der Waals surface area contributed by atoms with Crippen molar-refractivity contribution in [3.05, 3.63) is 47.3 Å². The number of halogens is 1. The first-order valence-electron chi connectivity index (χ1n) is 8.84. The third-order valence-electron chi connectivity index (χ3n) is 4.82. The van der Waals surface area contributed by atoms with Crippen molar-refractivity contribution >= 4 is 11.8 Å². The first kappa shape index (κ1) is 17.6. The Morgan fingerprint density at radius 1 is 1.28 bits per heavy atom. The SMILES string of the molecule is O=C(NCC1=CCNCC1)C1CCCN(C(=O)c2ccc(F)cc2)C1. The number of piperidine rings is 1. The van der Waals surface area contributed by atoms with E-state index in [0.29, 0.717) is 25.2 Å². The van der Waals surface area contributed by atoms with Gasteiger partial charge in [0.25, 0.3) is 5.91 Å². The van der Waals surface area contributed by atoms with Gasteiger partial charge in [-0.3, -0.25) is 9.59 Å². The van der Waals surface area contributed by atoms with Gasteiger partial charge in [0.15, 0.2) is 0 Å². The van der Waals surface area contributed by atoms with Crippen LogP contribution in [0.3, 0.4) is 0 Å². The summed E-state index contributed by atoms with van der Waals surface area (Å²) in [7, 11) is 0. The summed E-state index contributed by atoms with van der Waals surface area (Å²) in [6.07, 6.45) is 4.67. The molecular weight excluding hydrogens is 321 g/mol. The Bertz CT molecular complexity index is 657. The fourth-order valence-electron chi connectivity index (χ4n) is 3.33. The average Bonchev–Trinajstić information content (AvgIpc) is 2.67. The molecule has 2 aliphatic heterocycles. The number of hydrogen-bond donors (Lipinski definition) is 2. The van der Waals surface area contributed by atoms with E-state index in [1.165, 1.54) is 29.8 Å². The summed E-state index contributed by atoms with van der Waals surface area (Å²) in [6.45, 7) is 3.45. The third kappa shape index (κ3) is 4.66. The zero-order valence-corrected chi connectivity index (χ0v) is 14.3. The van der Waals surface area contributed by atoms with Crippen LogP contribution in [-0.4, -0.2) is 49.4 Å². The van der Waals surface area contributed by atoms with Crippen molar-refractivity contribution in [1.29, 1.82) is 0 Å². The van der Waals surface area contributed by atoms with Crippen molar-refractivity contribution in [3.63, 3.8) is 0 Å². The first-order valence-corrected chi connectivity index (χ1v) is 8.84. The topological polar surface area (TPSA) is 61.4 Å². The molecule has 1 aromatic carbocycles. The molecule has 2 N–H and O–H groups in total. The molecule has 3 rings (SSSR count). The number of amides is 2. The molecule has 134 valence electrons. The number of carbonyl (C=O) groups excluding carboxylic acids is 2. The second-order valence-electron chi connectivity index (χ2n) is 6.63. The van der Waals surface area contributed by atoms with E-state index in [4.69, 9.17) is 0 Å². The van der Waals surface area contributed by atoms with Gasteiger partial charge in [-0.25, -0.2) is 4.39 Å². The largest absolute Gasteiger partial charge is 0.352 e. The lowest BCUT2D eigenvalue weighted by atomic mass is 9.96. The standard InChI is InChI=1S/C19H24FN3O2/c20-17-5-3-15(4-6-17)19(25)23-11-1-2-16(13-23)18(24)22-12-14-7-9-21-10-8-14/h3-7,16,21H,1-2,8-13H2,(H,22,24). The molecule has 1 fully saturated rings. The molecule has 1 unspecified atom stereocenters. The Morgan fingerprint density at radius 3 is 2.80 bits per heavy atom. The van der Waals surface area contributed by atoms with Crippen LogP contribution in [0.25, 0.3) is 0 Å². The lowest BCUT2D eigenvalue weighted by Crippen LogP contribution is -2.45. The first-order chi connectivity index (χ1) is 12.1. The van der Waals surface area contributed by atoms with Gasteiger partial charge in [-0.15, -0.1) is 0 Å². The molecular formula is C19H24FN3O2. The van der Waals surface area contributed by atoms with Crippen LogP contribution in [-0.2, 0) is 4.79 Å². The van der Waals surface area contributed by atoms with E-state index in [0.717, 1.165) is 32.4 Å². The highest BCUT2D eigenvalue weighted by molar-refractivity contribution is 5.94. The van der Waals surface area contributed by atoms with Crippen molar-refractivity contribution in [2.24, 2.45) is 5.92 Å². The van der Waals surface area contributed by atoms with Crippen LogP contribution < -0.4 is 10.6 Å². The molecule has 0 aromatic heterocycles. The Morgan fingerprint density at radius 2 is 2.08 bits per heavy atom. The number of nitrogens with one attached hydrogen (secondary N) is 2. The zero-order chi connectivity index (χ0) is 17.6. The maximum absolute atomic E-state index is 13.0. The summed E-state index contributed by atoms with van der Waals surface area (Å²) in [5.41, 5.74) is 1.71. The van der Waals surface area contributed by atoms with E-state index in [2.05, 4.69) is 16.7 Å². The zero-order valence-electron chi connectivity index (χ0n) is 14.3. The Balaban J connectivity index is 1.54. The highest BCUT2D eigenvalue weighted by Gasteiger charge is 2.28. The smallest absolute Gasteiger partial charge is 0.253 e. The average molecular weight is 345 g/mol. The highest BCUT2D eigenvalue weighted by Crippen LogP contribution is 2.19. The maximum atomic E-state index is 13.0. The van der Waals surface area contributed by atoms with Gasteiger partial charge in [-0.05, 0) is 50.1 Å². The second kappa shape index (κ2) is 8.25. The molecule has 2 amide bonds. The quantitative estimate of drug-likeness (QED) is 0.817. The molecule has 1 atom stereocenters. The summed E-state index contributed by atoms with van der Waals surface area (Å²) < 4.78 is 13.0. The molecule has 1 aromatic rings. The Kier molecular flexibility index (Phi) is 5.81. The number of hydrogen-bond acceptors (Lipinski definition) is 3. The van der Waals surface area contributed by atoms with Gasteiger partial charge < -0.3 is 15.5 Å². The summed E-state index contributed by atoms with van der Waals surface area (Å²) >= 11 is 0. The van der Waals surface area contributed by atoms with Gasteiger partial charge in [0.1, 0.15) is 5.82 Å². The van der Waals surface area contributed by atoms with Gasteiger partial charge in [0, 0.05) is 31.7 Å². The predicted molar refractivity (Wildman–Crippen MR) is 93.6 cm³/mol. The van der Waals surface area contributed by atoms with Crippen molar-refractivity contribution in [2.75, 3.05) is 32.7 Å². The minimum absolute atomic E-state index is 0.0102. The monoisotopic (exact) mass is 345 g/mol. The van der Waals surface area contributed by atoms with Gasteiger partial charge in [-0.2, -0.15) is 0 Å². The van der Waals surface area contributed by atoms with Crippen LogP contribution in [0.5, 0.6) is 0 Å². The molecule has 0 radical (unpaired) electrons. The van der Waals surface area contributed by atoms with Crippen LogP contribution in [0.2, 0.25) is 0 Å². The molecule has 0 bridgehead atoms. The molecule has 2 aliphatic rings. The Hall–Kier alpha value is -2.21. The van der Waals surface area contributed by atoms with E-state index in [-0.39, 0.29) is 23.5 Å². The van der Waals surface area contributed by atoms with Gasteiger partial charge in [0.05, 0.1) is 5.92 Å². The molecule has 2 heterocycles. The lowest BCUT2D eigenvalue weighted by Gasteiger charge is -2.32. The molecule has 5 nitrogen and oxygen atoms in total. The number of benzene rings is 1.